The lowest BCUT2D eigenvalue weighted by atomic mass is 9.91. The second kappa shape index (κ2) is 12.4. The lowest BCUT2D eigenvalue weighted by Gasteiger charge is -2.30. The average Bonchev–Trinajstić information content (AvgIpc) is 3.43. The summed E-state index contributed by atoms with van der Waals surface area (Å²) in [5, 5.41) is 11.7. The fourth-order valence-electron chi connectivity index (χ4n) is 5.50. The number of nitrogens with zero attached hydrogens (tertiary/aromatic N) is 1. The highest BCUT2D eigenvalue weighted by Gasteiger charge is 2.23. The van der Waals surface area contributed by atoms with Gasteiger partial charge in [0.15, 0.2) is 0 Å². The molecule has 0 unspecified atom stereocenters. The molecule has 2 saturated heterocycles. The third-order valence-electron chi connectivity index (χ3n) is 7.70. The van der Waals surface area contributed by atoms with Crippen molar-refractivity contribution >= 4 is 23.1 Å². The van der Waals surface area contributed by atoms with Crippen LogP contribution < -0.4 is 16.0 Å². The average molecular weight is 499 g/mol. The van der Waals surface area contributed by atoms with Crippen molar-refractivity contribution in [1.29, 1.82) is 0 Å². The predicted octanol–water partition coefficient (Wildman–Crippen LogP) is 5.73. The van der Waals surface area contributed by atoms with Gasteiger partial charge in [0.2, 0.25) is 0 Å². The number of rotatable bonds is 9. The van der Waals surface area contributed by atoms with Crippen LogP contribution in [0.1, 0.15) is 51.4 Å². The smallest absolute Gasteiger partial charge is 0.126 e. The van der Waals surface area contributed by atoms with E-state index < -0.39 is 0 Å². The summed E-state index contributed by atoms with van der Waals surface area (Å²) in [7, 11) is 0. The molecule has 1 aromatic carbocycles. The summed E-state index contributed by atoms with van der Waals surface area (Å²) in [4.78, 5) is 4.58. The normalized spacial score (nSPS) is 25.5. The lowest BCUT2D eigenvalue weighted by Crippen LogP contribution is -2.40. The first-order valence-corrected chi connectivity index (χ1v) is 13.8. The van der Waals surface area contributed by atoms with Gasteiger partial charge >= 0.3 is 0 Å². The Bertz CT molecular complexity index is 938. The number of ether oxygens (including phenoxy) is 2. The van der Waals surface area contributed by atoms with Gasteiger partial charge in [0.05, 0.1) is 11.1 Å². The molecular formula is C28H39ClN4O2. The molecule has 3 aliphatic rings. The Labute approximate surface area is 214 Å². The van der Waals surface area contributed by atoms with Gasteiger partial charge in [-0.05, 0) is 81.0 Å². The zero-order valence-electron chi connectivity index (χ0n) is 20.6. The van der Waals surface area contributed by atoms with Crippen molar-refractivity contribution in [2.24, 2.45) is 5.92 Å². The van der Waals surface area contributed by atoms with Crippen molar-refractivity contribution in [2.45, 2.75) is 69.6 Å². The fraction of sp³-hybridized carbons (Fsp3) is 0.607. The van der Waals surface area contributed by atoms with Crippen LogP contribution in [0.4, 0.5) is 11.5 Å². The Kier molecular flexibility index (Phi) is 8.79. The Hall–Kier alpha value is -1.86. The highest BCUT2D eigenvalue weighted by atomic mass is 35.5. The highest BCUT2D eigenvalue weighted by molar-refractivity contribution is 6.33. The maximum Gasteiger partial charge on any atom is 0.126 e. The number of pyridine rings is 1. The quantitative estimate of drug-likeness (QED) is 0.410. The van der Waals surface area contributed by atoms with Crippen LogP contribution in [0.3, 0.4) is 0 Å². The summed E-state index contributed by atoms with van der Waals surface area (Å²) in [6.45, 7) is 4.66. The number of aromatic nitrogens is 1. The summed E-state index contributed by atoms with van der Waals surface area (Å²) < 4.78 is 11.2. The van der Waals surface area contributed by atoms with Gasteiger partial charge in [0.25, 0.3) is 0 Å². The highest BCUT2D eigenvalue weighted by Crippen LogP contribution is 2.32. The molecule has 6 nitrogen and oxygen atoms in total. The molecule has 1 aliphatic carbocycles. The second-order valence-corrected chi connectivity index (χ2v) is 10.7. The van der Waals surface area contributed by atoms with Gasteiger partial charge in [-0.25, -0.2) is 4.98 Å². The van der Waals surface area contributed by atoms with Crippen LogP contribution in [0.5, 0.6) is 0 Å². The minimum absolute atomic E-state index is 0.415. The summed E-state index contributed by atoms with van der Waals surface area (Å²) in [5.41, 5.74) is 3.26. The molecule has 0 amide bonds. The van der Waals surface area contributed by atoms with Crippen LogP contribution in [0.2, 0.25) is 5.02 Å². The minimum atomic E-state index is 0.415. The van der Waals surface area contributed by atoms with Gasteiger partial charge in [-0.2, -0.15) is 0 Å². The third-order valence-corrected chi connectivity index (χ3v) is 8.00. The molecule has 3 heterocycles. The van der Waals surface area contributed by atoms with Crippen LogP contribution in [-0.2, 0) is 9.47 Å². The monoisotopic (exact) mass is 498 g/mol. The van der Waals surface area contributed by atoms with Crippen molar-refractivity contribution in [3.8, 4) is 11.1 Å². The molecule has 0 spiro atoms. The van der Waals surface area contributed by atoms with Gasteiger partial charge in [0, 0.05) is 62.4 Å². The molecule has 3 N–H and O–H groups in total. The van der Waals surface area contributed by atoms with Crippen LogP contribution in [0.15, 0.2) is 36.5 Å². The van der Waals surface area contributed by atoms with E-state index in [4.69, 9.17) is 21.1 Å². The van der Waals surface area contributed by atoms with Gasteiger partial charge in [0.1, 0.15) is 5.82 Å². The van der Waals surface area contributed by atoms with Crippen molar-refractivity contribution in [1.82, 2.24) is 10.3 Å². The number of hydrogen-bond acceptors (Lipinski definition) is 6. The molecule has 0 radical (unpaired) electrons. The maximum atomic E-state index is 6.59. The molecule has 2 aliphatic heterocycles. The van der Waals surface area contributed by atoms with E-state index in [1.54, 1.807) is 6.20 Å². The molecule has 35 heavy (non-hydrogen) atoms. The standard InChI is InChI=1S/C28H39ClN4O2/c29-27-19-32-28(33-23-8-6-22(7-9-23)31-18-25-5-2-12-35-25)16-26(27)21-3-1-4-24(15-21)30-17-20-10-13-34-14-11-20/h1,3-4,15-16,19-20,22-23,25,30-31H,2,5-14,17-18H2,(H,32,33)/t22?,23?,25-/m0/s1. The fourth-order valence-corrected chi connectivity index (χ4v) is 5.72. The van der Waals surface area contributed by atoms with E-state index in [1.807, 2.05) is 0 Å². The Morgan fingerprint density at radius 3 is 2.54 bits per heavy atom. The Balaban J connectivity index is 1.15. The predicted molar refractivity (Wildman–Crippen MR) is 143 cm³/mol. The largest absolute Gasteiger partial charge is 0.385 e. The van der Waals surface area contributed by atoms with Gasteiger partial charge < -0.3 is 25.4 Å². The SMILES string of the molecule is Clc1cnc(NC2CCC(NC[C@@H]3CCCO3)CC2)cc1-c1cccc(NCC2CCOCC2)c1. The summed E-state index contributed by atoms with van der Waals surface area (Å²) >= 11 is 6.59. The second-order valence-electron chi connectivity index (χ2n) is 10.3. The minimum Gasteiger partial charge on any atom is -0.385 e. The van der Waals surface area contributed by atoms with Crippen molar-refractivity contribution < 1.29 is 9.47 Å². The number of halogens is 1. The number of nitrogens with one attached hydrogen (secondary N) is 3. The van der Waals surface area contributed by atoms with Crippen molar-refractivity contribution in [3.63, 3.8) is 0 Å². The van der Waals surface area contributed by atoms with E-state index in [1.165, 1.54) is 25.7 Å². The molecule has 5 rings (SSSR count). The molecule has 0 bridgehead atoms. The molecule has 1 saturated carbocycles. The van der Waals surface area contributed by atoms with E-state index in [0.29, 0.717) is 29.1 Å². The van der Waals surface area contributed by atoms with E-state index in [0.717, 1.165) is 81.2 Å². The number of benzene rings is 1. The van der Waals surface area contributed by atoms with E-state index in [9.17, 15) is 0 Å². The van der Waals surface area contributed by atoms with Crippen molar-refractivity contribution in [3.05, 3.63) is 41.6 Å². The van der Waals surface area contributed by atoms with Crippen LogP contribution in [0.25, 0.3) is 11.1 Å². The zero-order valence-corrected chi connectivity index (χ0v) is 21.4. The number of hydrogen-bond donors (Lipinski definition) is 3. The maximum absolute atomic E-state index is 6.59. The van der Waals surface area contributed by atoms with Crippen LogP contribution in [0, 0.1) is 5.92 Å². The van der Waals surface area contributed by atoms with Crippen molar-refractivity contribution in [2.75, 3.05) is 43.5 Å². The first-order valence-electron chi connectivity index (χ1n) is 13.4. The van der Waals surface area contributed by atoms with Crippen LogP contribution >= 0.6 is 11.6 Å². The number of anilines is 2. The van der Waals surface area contributed by atoms with E-state index >= 15 is 0 Å². The molecule has 190 valence electrons. The molecule has 1 atom stereocenters. The van der Waals surface area contributed by atoms with Gasteiger partial charge in [-0.15, -0.1) is 0 Å². The van der Waals surface area contributed by atoms with Gasteiger partial charge in [-0.1, -0.05) is 23.7 Å². The topological polar surface area (TPSA) is 67.4 Å². The molecule has 7 heteroatoms. The zero-order chi connectivity index (χ0) is 23.9. The molecular weight excluding hydrogens is 460 g/mol. The summed E-state index contributed by atoms with van der Waals surface area (Å²) in [5.74, 6) is 1.58. The first kappa shape index (κ1) is 24.8. The molecule has 3 fully saturated rings. The van der Waals surface area contributed by atoms with Crippen LogP contribution in [-0.4, -0.2) is 56.1 Å². The molecule has 2 aromatic rings. The Morgan fingerprint density at radius 1 is 0.914 bits per heavy atom. The molecule has 1 aromatic heterocycles. The third kappa shape index (κ3) is 7.10. The lowest BCUT2D eigenvalue weighted by molar-refractivity contribution is 0.0699. The summed E-state index contributed by atoms with van der Waals surface area (Å²) in [6, 6.07) is 11.7. The van der Waals surface area contributed by atoms with Gasteiger partial charge in [-0.3, -0.25) is 0 Å². The Morgan fingerprint density at radius 2 is 1.74 bits per heavy atom. The first-order chi connectivity index (χ1) is 17.2. The van der Waals surface area contributed by atoms with E-state index in [-0.39, 0.29) is 0 Å². The van der Waals surface area contributed by atoms with E-state index in [2.05, 4.69) is 51.3 Å². The summed E-state index contributed by atoms with van der Waals surface area (Å²) in [6.07, 6.45) is 11.5.